The van der Waals surface area contributed by atoms with Gasteiger partial charge in [0, 0.05) is 23.8 Å². The van der Waals surface area contributed by atoms with Crippen molar-refractivity contribution in [2.24, 2.45) is 5.92 Å². The lowest BCUT2D eigenvalue weighted by atomic mass is 10.0. The van der Waals surface area contributed by atoms with Crippen LogP contribution in [-0.2, 0) is 11.3 Å². The fourth-order valence-corrected chi connectivity index (χ4v) is 2.13. The molecule has 0 aliphatic carbocycles. The molecule has 0 radical (unpaired) electrons. The molecule has 0 bridgehead atoms. The molecule has 3 nitrogen and oxygen atoms in total. The third-order valence-corrected chi connectivity index (χ3v) is 3.24. The van der Waals surface area contributed by atoms with E-state index in [1.807, 2.05) is 6.07 Å². The zero-order valence-corrected chi connectivity index (χ0v) is 10.4. The molecule has 1 fully saturated rings. The van der Waals surface area contributed by atoms with Gasteiger partial charge in [0.15, 0.2) is 0 Å². The van der Waals surface area contributed by atoms with E-state index in [4.69, 9.17) is 21.1 Å². The summed E-state index contributed by atoms with van der Waals surface area (Å²) in [5, 5.41) is 9.84. The van der Waals surface area contributed by atoms with Crippen molar-refractivity contribution >= 4 is 11.6 Å². The van der Waals surface area contributed by atoms with Crippen LogP contribution in [0.3, 0.4) is 0 Å². The molecule has 0 aromatic heterocycles. The second-order valence-electron chi connectivity index (χ2n) is 4.28. The first kappa shape index (κ1) is 12.7. The number of aliphatic hydroxyl groups excluding tert-OH is 1. The van der Waals surface area contributed by atoms with Crippen molar-refractivity contribution in [3.63, 3.8) is 0 Å². The molecule has 2 rings (SSSR count). The quantitative estimate of drug-likeness (QED) is 0.900. The van der Waals surface area contributed by atoms with E-state index in [-0.39, 0.29) is 6.61 Å². The predicted molar refractivity (Wildman–Crippen MR) is 66.4 cm³/mol. The van der Waals surface area contributed by atoms with Crippen molar-refractivity contribution in [1.29, 1.82) is 0 Å². The first-order valence-corrected chi connectivity index (χ1v) is 6.27. The fraction of sp³-hybridized carbons (Fsp3) is 0.538. The summed E-state index contributed by atoms with van der Waals surface area (Å²) in [6, 6.07) is 5.33. The van der Waals surface area contributed by atoms with Crippen LogP contribution in [0.2, 0.25) is 5.02 Å². The summed E-state index contributed by atoms with van der Waals surface area (Å²) in [7, 11) is 0. The summed E-state index contributed by atoms with van der Waals surface area (Å²) in [6.45, 7) is 2.27. The highest BCUT2D eigenvalue weighted by Gasteiger charge is 2.15. The zero-order chi connectivity index (χ0) is 12.1. The SMILES string of the molecule is OCc1cc(Cl)ccc1OCC1CCOCC1. The van der Waals surface area contributed by atoms with E-state index in [0.29, 0.717) is 17.5 Å². The highest BCUT2D eigenvalue weighted by molar-refractivity contribution is 6.30. The van der Waals surface area contributed by atoms with Gasteiger partial charge in [0.25, 0.3) is 0 Å². The smallest absolute Gasteiger partial charge is 0.124 e. The summed E-state index contributed by atoms with van der Waals surface area (Å²) >= 11 is 5.86. The maximum absolute atomic E-state index is 9.22. The largest absolute Gasteiger partial charge is 0.493 e. The molecular weight excluding hydrogens is 240 g/mol. The molecule has 0 unspecified atom stereocenters. The van der Waals surface area contributed by atoms with Crippen LogP contribution < -0.4 is 4.74 Å². The first-order chi connectivity index (χ1) is 8.29. The number of aliphatic hydroxyl groups is 1. The summed E-state index contributed by atoms with van der Waals surface area (Å²) < 4.78 is 11.0. The van der Waals surface area contributed by atoms with Crippen molar-refractivity contribution in [3.8, 4) is 5.75 Å². The van der Waals surface area contributed by atoms with Crippen LogP contribution in [-0.4, -0.2) is 24.9 Å². The molecule has 1 heterocycles. The topological polar surface area (TPSA) is 38.7 Å². The van der Waals surface area contributed by atoms with Crippen LogP contribution in [0.25, 0.3) is 0 Å². The van der Waals surface area contributed by atoms with Crippen molar-refractivity contribution in [1.82, 2.24) is 0 Å². The van der Waals surface area contributed by atoms with E-state index < -0.39 is 0 Å². The molecule has 0 saturated carbocycles. The third kappa shape index (κ3) is 3.60. The normalized spacial score (nSPS) is 17.1. The summed E-state index contributed by atoms with van der Waals surface area (Å²) in [6.07, 6.45) is 2.09. The average molecular weight is 257 g/mol. The van der Waals surface area contributed by atoms with Gasteiger partial charge < -0.3 is 14.6 Å². The Hall–Kier alpha value is -0.770. The van der Waals surface area contributed by atoms with Gasteiger partial charge in [0.05, 0.1) is 13.2 Å². The van der Waals surface area contributed by atoms with Gasteiger partial charge in [-0.15, -0.1) is 0 Å². The van der Waals surface area contributed by atoms with Gasteiger partial charge in [-0.1, -0.05) is 11.6 Å². The second-order valence-corrected chi connectivity index (χ2v) is 4.71. The molecule has 1 aromatic rings. The molecule has 17 heavy (non-hydrogen) atoms. The zero-order valence-electron chi connectivity index (χ0n) is 9.69. The van der Waals surface area contributed by atoms with Gasteiger partial charge in [0.2, 0.25) is 0 Å². The molecule has 1 saturated heterocycles. The van der Waals surface area contributed by atoms with Crippen molar-refractivity contribution < 1.29 is 14.6 Å². The highest BCUT2D eigenvalue weighted by Crippen LogP contribution is 2.24. The Morgan fingerprint density at radius 1 is 1.35 bits per heavy atom. The molecule has 0 amide bonds. The van der Waals surface area contributed by atoms with Crippen LogP contribution in [0.1, 0.15) is 18.4 Å². The molecule has 1 N–H and O–H groups in total. The number of ether oxygens (including phenoxy) is 2. The van der Waals surface area contributed by atoms with Crippen LogP contribution in [0.15, 0.2) is 18.2 Å². The Labute approximate surface area is 106 Å². The van der Waals surface area contributed by atoms with Crippen molar-refractivity contribution in [3.05, 3.63) is 28.8 Å². The van der Waals surface area contributed by atoms with Crippen LogP contribution in [0.4, 0.5) is 0 Å². The Morgan fingerprint density at radius 3 is 2.82 bits per heavy atom. The number of benzene rings is 1. The number of hydrogen-bond acceptors (Lipinski definition) is 3. The van der Waals surface area contributed by atoms with Crippen LogP contribution in [0.5, 0.6) is 5.75 Å². The second kappa shape index (κ2) is 6.24. The van der Waals surface area contributed by atoms with E-state index in [9.17, 15) is 5.11 Å². The molecule has 0 spiro atoms. The first-order valence-electron chi connectivity index (χ1n) is 5.89. The highest BCUT2D eigenvalue weighted by atomic mass is 35.5. The van der Waals surface area contributed by atoms with E-state index >= 15 is 0 Å². The third-order valence-electron chi connectivity index (χ3n) is 3.01. The summed E-state index contributed by atoms with van der Waals surface area (Å²) in [5.74, 6) is 1.27. The maximum Gasteiger partial charge on any atom is 0.124 e. The van der Waals surface area contributed by atoms with Gasteiger partial charge >= 0.3 is 0 Å². The Balaban J connectivity index is 1.93. The Bertz CT molecular complexity index is 362. The van der Waals surface area contributed by atoms with Crippen molar-refractivity contribution in [2.45, 2.75) is 19.4 Å². The maximum atomic E-state index is 9.22. The standard InChI is InChI=1S/C13H17ClO3/c14-12-1-2-13(11(7-12)8-15)17-9-10-3-5-16-6-4-10/h1-2,7,10,15H,3-6,8-9H2. The lowest BCUT2D eigenvalue weighted by molar-refractivity contribution is 0.0494. The Kier molecular flexibility index (Phi) is 4.66. The molecule has 1 aliphatic rings. The Morgan fingerprint density at radius 2 is 2.12 bits per heavy atom. The average Bonchev–Trinajstić information content (AvgIpc) is 2.38. The minimum Gasteiger partial charge on any atom is -0.493 e. The van der Waals surface area contributed by atoms with Gasteiger partial charge in [-0.3, -0.25) is 0 Å². The molecule has 1 aliphatic heterocycles. The summed E-state index contributed by atoms with van der Waals surface area (Å²) in [5.41, 5.74) is 0.740. The van der Waals surface area contributed by atoms with Crippen molar-refractivity contribution in [2.75, 3.05) is 19.8 Å². The van der Waals surface area contributed by atoms with Gasteiger partial charge in [-0.25, -0.2) is 0 Å². The molecule has 4 heteroatoms. The van der Waals surface area contributed by atoms with E-state index in [2.05, 4.69) is 0 Å². The minimum atomic E-state index is -0.0519. The molecule has 1 aromatic carbocycles. The molecular formula is C13H17ClO3. The number of rotatable bonds is 4. The number of hydrogen-bond donors (Lipinski definition) is 1. The van der Waals surface area contributed by atoms with Crippen LogP contribution in [0, 0.1) is 5.92 Å². The van der Waals surface area contributed by atoms with E-state index in [1.165, 1.54) is 0 Å². The molecule has 0 atom stereocenters. The lowest BCUT2D eigenvalue weighted by Crippen LogP contribution is -2.21. The summed E-state index contributed by atoms with van der Waals surface area (Å²) in [4.78, 5) is 0. The monoisotopic (exact) mass is 256 g/mol. The number of halogens is 1. The predicted octanol–water partition coefficient (Wildman–Crippen LogP) is 2.64. The fourth-order valence-electron chi connectivity index (χ4n) is 1.93. The van der Waals surface area contributed by atoms with Gasteiger partial charge in [-0.2, -0.15) is 0 Å². The van der Waals surface area contributed by atoms with E-state index in [0.717, 1.165) is 37.4 Å². The lowest BCUT2D eigenvalue weighted by Gasteiger charge is -2.22. The van der Waals surface area contributed by atoms with Gasteiger partial charge in [0.1, 0.15) is 5.75 Å². The molecule has 94 valence electrons. The van der Waals surface area contributed by atoms with Gasteiger partial charge in [-0.05, 0) is 37.0 Å². The van der Waals surface area contributed by atoms with E-state index in [1.54, 1.807) is 12.1 Å². The van der Waals surface area contributed by atoms with Crippen LogP contribution >= 0.6 is 11.6 Å². The minimum absolute atomic E-state index is 0.0519.